The first-order valence-electron chi connectivity index (χ1n) is 11.1. The number of carbonyl (C=O) groups is 1. The molecule has 5 aromatic rings. The Morgan fingerprint density at radius 1 is 0.882 bits per heavy atom. The van der Waals surface area contributed by atoms with Crippen molar-refractivity contribution in [3.05, 3.63) is 119 Å². The summed E-state index contributed by atoms with van der Waals surface area (Å²) in [7, 11) is 0. The summed E-state index contributed by atoms with van der Waals surface area (Å²) in [5, 5.41) is 11.0. The van der Waals surface area contributed by atoms with Gasteiger partial charge in [0.25, 0.3) is 5.91 Å². The molecule has 0 atom stereocenters. The van der Waals surface area contributed by atoms with Crippen LogP contribution in [-0.4, -0.2) is 21.9 Å². The summed E-state index contributed by atoms with van der Waals surface area (Å²) in [4.78, 5) is 13.0. The summed E-state index contributed by atoms with van der Waals surface area (Å²) in [6.07, 6.45) is 1.63. The molecule has 0 aliphatic heterocycles. The molecule has 0 saturated heterocycles. The third-order valence-electron chi connectivity index (χ3n) is 5.81. The number of amides is 1. The van der Waals surface area contributed by atoms with Crippen molar-refractivity contribution in [3.8, 4) is 16.9 Å². The number of hydrazone groups is 1. The van der Waals surface area contributed by atoms with Gasteiger partial charge >= 0.3 is 0 Å². The lowest BCUT2D eigenvalue weighted by Gasteiger charge is -2.12. The van der Waals surface area contributed by atoms with Crippen molar-refractivity contribution in [2.45, 2.75) is 13.8 Å². The van der Waals surface area contributed by atoms with Crippen LogP contribution in [0.2, 0.25) is 0 Å². The van der Waals surface area contributed by atoms with E-state index >= 15 is 0 Å². The molecule has 0 bridgehead atoms. The first-order chi connectivity index (χ1) is 16.6. The highest BCUT2D eigenvalue weighted by molar-refractivity contribution is 5.99. The fraction of sp³-hybridized carbons (Fsp3) is 0.0690. The summed E-state index contributed by atoms with van der Waals surface area (Å²) in [6.45, 7) is 4.07. The Balaban J connectivity index is 1.55. The average molecular weight is 445 g/mol. The average Bonchev–Trinajstić information content (AvgIpc) is 3.30. The van der Waals surface area contributed by atoms with Crippen LogP contribution in [0, 0.1) is 13.8 Å². The second-order valence-corrected chi connectivity index (χ2v) is 8.25. The second-order valence-electron chi connectivity index (χ2n) is 8.25. The van der Waals surface area contributed by atoms with Crippen molar-refractivity contribution in [2.24, 2.45) is 5.10 Å². The van der Waals surface area contributed by atoms with Gasteiger partial charge in [-0.15, -0.1) is 0 Å². The summed E-state index contributed by atoms with van der Waals surface area (Å²) in [5.41, 5.74) is 8.84. The Labute approximate surface area is 198 Å². The maximum absolute atomic E-state index is 13.0. The normalized spacial score (nSPS) is 11.2. The smallest absolute Gasteiger partial charge is 0.265 e. The minimum Gasteiger partial charge on any atom is -0.265 e. The number of carbonyl (C=O) groups excluding carboxylic acids is 1. The standard InChI is InChI=1S/C29H24N4O/c1-20-14-16-22(17-15-20)19-30-31-29(34)26-18-28(33(32-26)27-13-6-3-8-21(27)2)25-12-7-10-23-9-4-5-11-24(23)25/h3-19H,1-2H3,(H,31,34)/b30-19-. The molecule has 0 aliphatic rings. The van der Waals surface area contributed by atoms with E-state index in [1.165, 1.54) is 5.56 Å². The molecular weight excluding hydrogens is 420 g/mol. The van der Waals surface area contributed by atoms with Crippen molar-refractivity contribution < 1.29 is 4.79 Å². The van der Waals surface area contributed by atoms with Gasteiger partial charge in [0.1, 0.15) is 0 Å². The van der Waals surface area contributed by atoms with E-state index in [-0.39, 0.29) is 5.91 Å². The quantitative estimate of drug-likeness (QED) is 0.264. The lowest BCUT2D eigenvalue weighted by molar-refractivity contribution is 0.0949. The van der Waals surface area contributed by atoms with Gasteiger partial charge < -0.3 is 0 Å². The fourth-order valence-corrected chi connectivity index (χ4v) is 3.99. The van der Waals surface area contributed by atoms with E-state index in [2.05, 4.69) is 34.8 Å². The van der Waals surface area contributed by atoms with Crippen LogP contribution in [0.5, 0.6) is 0 Å². The van der Waals surface area contributed by atoms with Crippen LogP contribution in [0.4, 0.5) is 0 Å². The minimum absolute atomic E-state index is 0.298. The number of hydrogen-bond donors (Lipinski definition) is 1. The summed E-state index contributed by atoms with van der Waals surface area (Å²) in [5.74, 6) is -0.364. The van der Waals surface area contributed by atoms with E-state index in [4.69, 9.17) is 5.10 Å². The molecule has 1 amide bonds. The van der Waals surface area contributed by atoms with Gasteiger partial charge in [0.2, 0.25) is 0 Å². The van der Waals surface area contributed by atoms with Gasteiger partial charge in [-0.05, 0) is 47.9 Å². The van der Waals surface area contributed by atoms with Crippen LogP contribution in [0.25, 0.3) is 27.7 Å². The number of fused-ring (bicyclic) bond motifs is 1. The largest absolute Gasteiger partial charge is 0.291 e. The van der Waals surface area contributed by atoms with E-state index in [0.717, 1.165) is 38.8 Å². The lowest BCUT2D eigenvalue weighted by Crippen LogP contribution is -2.18. The van der Waals surface area contributed by atoms with E-state index < -0.39 is 0 Å². The molecule has 5 nitrogen and oxygen atoms in total. The van der Waals surface area contributed by atoms with Crippen LogP contribution in [0.1, 0.15) is 27.2 Å². The van der Waals surface area contributed by atoms with E-state index in [1.54, 1.807) is 6.21 Å². The summed E-state index contributed by atoms with van der Waals surface area (Å²) in [6, 6.07) is 32.1. The molecule has 0 spiro atoms. The number of benzene rings is 4. The minimum atomic E-state index is -0.364. The highest BCUT2D eigenvalue weighted by atomic mass is 16.2. The molecule has 1 aromatic heterocycles. The van der Waals surface area contributed by atoms with Crippen LogP contribution < -0.4 is 5.43 Å². The van der Waals surface area contributed by atoms with Crippen molar-refractivity contribution in [1.29, 1.82) is 0 Å². The van der Waals surface area contributed by atoms with Crippen molar-refractivity contribution >= 4 is 22.9 Å². The van der Waals surface area contributed by atoms with Crippen LogP contribution in [0.15, 0.2) is 102 Å². The van der Waals surface area contributed by atoms with Crippen LogP contribution in [-0.2, 0) is 0 Å². The predicted octanol–water partition coefficient (Wildman–Crippen LogP) is 6.07. The van der Waals surface area contributed by atoms with Gasteiger partial charge in [-0.2, -0.15) is 10.2 Å². The number of para-hydroxylation sites is 1. The van der Waals surface area contributed by atoms with Crippen LogP contribution >= 0.6 is 0 Å². The number of rotatable bonds is 5. The molecule has 34 heavy (non-hydrogen) atoms. The molecule has 0 aliphatic carbocycles. The maximum atomic E-state index is 13.0. The SMILES string of the molecule is Cc1ccc(/C=N\NC(=O)c2cc(-c3cccc4ccccc34)n(-c3ccccc3C)n2)cc1. The molecule has 5 rings (SSSR count). The first kappa shape index (κ1) is 21.3. The van der Waals surface area contributed by atoms with Gasteiger partial charge in [-0.25, -0.2) is 10.1 Å². The molecule has 0 fully saturated rings. The summed E-state index contributed by atoms with van der Waals surface area (Å²) < 4.78 is 1.84. The van der Waals surface area contributed by atoms with Gasteiger partial charge in [0.05, 0.1) is 17.6 Å². The Bertz CT molecular complexity index is 1510. The highest BCUT2D eigenvalue weighted by Gasteiger charge is 2.18. The Hall–Kier alpha value is -4.51. The van der Waals surface area contributed by atoms with Gasteiger partial charge in [0.15, 0.2) is 5.69 Å². The summed E-state index contributed by atoms with van der Waals surface area (Å²) >= 11 is 0. The van der Waals surface area contributed by atoms with E-state index in [0.29, 0.717) is 5.69 Å². The number of nitrogens with one attached hydrogen (secondary N) is 1. The fourth-order valence-electron chi connectivity index (χ4n) is 3.99. The van der Waals surface area contributed by atoms with Gasteiger partial charge in [0, 0.05) is 5.56 Å². The molecule has 5 heteroatoms. The number of hydrogen-bond acceptors (Lipinski definition) is 3. The van der Waals surface area contributed by atoms with Crippen molar-refractivity contribution in [3.63, 3.8) is 0 Å². The highest BCUT2D eigenvalue weighted by Crippen LogP contribution is 2.31. The van der Waals surface area contributed by atoms with Gasteiger partial charge in [-0.1, -0.05) is 90.5 Å². The third-order valence-corrected chi connectivity index (χ3v) is 5.81. The topological polar surface area (TPSA) is 59.3 Å². The molecule has 0 unspecified atom stereocenters. The molecule has 4 aromatic carbocycles. The van der Waals surface area contributed by atoms with E-state index in [1.807, 2.05) is 91.3 Å². The molecule has 166 valence electrons. The zero-order chi connectivity index (χ0) is 23.5. The van der Waals surface area contributed by atoms with Crippen molar-refractivity contribution in [2.75, 3.05) is 0 Å². The van der Waals surface area contributed by atoms with Crippen molar-refractivity contribution in [1.82, 2.24) is 15.2 Å². The first-order valence-corrected chi connectivity index (χ1v) is 11.1. The van der Waals surface area contributed by atoms with Crippen LogP contribution in [0.3, 0.4) is 0 Å². The van der Waals surface area contributed by atoms with E-state index in [9.17, 15) is 4.79 Å². The zero-order valence-corrected chi connectivity index (χ0v) is 19.1. The lowest BCUT2D eigenvalue weighted by atomic mass is 10.0. The molecule has 0 radical (unpaired) electrons. The zero-order valence-electron chi connectivity index (χ0n) is 19.1. The Morgan fingerprint density at radius 2 is 1.62 bits per heavy atom. The second kappa shape index (κ2) is 9.16. The molecule has 1 heterocycles. The predicted molar refractivity (Wildman–Crippen MR) is 137 cm³/mol. The molecular formula is C29H24N4O. The number of aryl methyl sites for hydroxylation is 2. The Kier molecular flexibility index (Phi) is 5.75. The number of nitrogens with zero attached hydrogens (tertiary/aromatic N) is 3. The molecule has 1 N–H and O–H groups in total. The van der Waals surface area contributed by atoms with Gasteiger partial charge in [-0.3, -0.25) is 4.79 Å². The molecule has 0 saturated carbocycles. The monoisotopic (exact) mass is 444 g/mol. The maximum Gasteiger partial charge on any atom is 0.291 e. The Morgan fingerprint density at radius 3 is 2.44 bits per heavy atom. The number of aromatic nitrogens is 2. The third kappa shape index (κ3) is 4.24.